The van der Waals surface area contributed by atoms with Crippen LogP contribution in [0, 0.1) is 0 Å². The number of nitrogens with one attached hydrogen (secondary N) is 2. The lowest BCUT2D eigenvalue weighted by Gasteiger charge is -2.03. The molecule has 2 aliphatic rings. The molecule has 8 heteroatoms. The van der Waals surface area contributed by atoms with Crippen molar-refractivity contribution in [3.63, 3.8) is 0 Å². The van der Waals surface area contributed by atoms with Crippen LogP contribution in [0.1, 0.15) is 22.8 Å². The molecule has 4 nitrogen and oxygen atoms in total. The SMILES string of the molecule is C1=Cc2nc1c(-c1cccs1)c1ccc([nH]1)c(-c1cccs1)c1nc(c(-c3cccs3)c3ccc([nH]3)c2-c2cccs2)C=C1. The van der Waals surface area contributed by atoms with Crippen LogP contribution in [0.15, 0.2) is 94.3 Å². The predicted molar refractivity (Wildman–Crippen MR) is 192 cm³/mol. The van der Waals surface area contributed by atoms with Crippen molar-refractivity contribution in [1.29, 1.82) is 0 Å². The smallest absolute Gasteiger partial charge is 0.0745 e. The molecule has 0 fully saturated rings. The summed E-state index contributed by atoms with van der Waals surface area (Å²) < 4.78 is 0. The Morgan fingerprint density at radius 1 is 0.364 bits per heavy atom. The molecule has 0 saturated heterocycles. The quantitative estimate of drug-likeness (QED) is 0.201. The highest BCUT2D eigenvalue weighted by Crippen LogP contribution is 2.40. The fraction of sp³-hybridized carbons (Fsp3) is 0. The molecule has 9 rings (SSSR count). The van der Waals surface area contributed by atoms with Crippen molar-refractivity contribution in [3.05, 3.63) is 117 Å². The van der Waals surface area contributed by atoms with Gasteiger partial charge in [0.25, 0.3) is 0 Å². The highest BCUT2D eigenvalue weighted by atomic mass is 32.1. The molecule has 0 amide bonds. The summed E-state index contributed by atoms with van der Waals surface area (Å²) in [5.74, 6) is 0. The molecule has 7 aromatic heterocycles. The Hall–Kier alpha value is -4.60. The minimum Gasteiger partial charge on any atom is -0.354 e. The molecule has 0 spiro atoms. The van der Waals surface area contributed by atoms with Gasteiger partial charge in [-0.2, -0.15) is 0 Å². The zero-order valence-electron chi connectivity index (χ0n) is 23.1. The molecule has 0 radical (unpaired) electrons. The fourth-order valence-corrected chi connectivity index (χ4v) is 9.10. The maximum Gasteiger partial charge on any atom is 0.0745 e. The highest BCUT2D eigenvalue weighted by Gasteiger charge is 2.19. The predicted octanol–water partition coefficient (Wildman–Crippen LogP) is 11.6. The van der Waals surface area contributed by atoms with E-state index in [1.165, 1.54) is 19.5 Å². The molecule has 0 atom stereocenters. The van der Waals surface area contributed by atoms with Crippen molar-refractivity contribution in [2.24, 2.45) is 0 Å². The van der Waals surface area contributed by atoms with Crippen molar-refractivity contribution in [2.45, 2.75) is 0 Å². The van der Waals surface area contributed by atoms with Crippen LogP contribution in [-0.4, -0.2) is 19.9 Å². The van der Waals surface area contributed by atoms with E-state index < -0.39 is 0 Å². The lowest BCUT2D eigenvalue weighted by molar-refractivity contribution is 1.32. The van der Waals surface area contributed by atoms with Crippen LogP contribution in [0.2, 0.25) is 0 Å². The van der Waals surface area contributed by atoms with Gasteiger partial charge in [-0.15, -0.1) is 45.3 Å². The molecular weight excluding hydrogens is 617 g/mol. The second kappa shape index (κ2) is 10.5. The van der Waals surface area contributed by atoms with E-state index in [4.69, 9.17) is 9.97 Å². The first kappa shape index (κ1) is 25.9. The first-order valence-electron chi connectivity index (χ1n) is 14.1. The summed E-state index contributed by atoms with van der Waals surface area (Å²) in [4.78, 5) is 22.9. The summed E-state index contributed by atoms with van der Waals surface area (Å²) in [5.41, 5.74) is 12.3. The summed E-state index contributed by atoms with van der Waals surface area (Å²) in [5, 5.41) is 8.50. The van der Waals surface area contributed by atoms with Gasteiger partial charge in [0.2, 0.25) is 0 Å². The van der Waals surface area contributed by atoms with Gasteiger partial charge >= 0.3 is 0 Å². The zero-order chi connectivity index (χ0) is 29.0. The summed E-state index contributed by atoms with van der Waals surface area (Å²) in [6.07, 6.45) is 8.60. The summed E-state index contributed by atoms with van der Waals surface area (Å²) in [6.45, 7) is 0. The van der Waals surface area contributed by atoms with Crippen molar-refractivity contribution < 1.29 is 0 Å². The number of hydrogen-bond donors (Lipinski definition) is 2. The van der Waals surface area contributed by atoms with E-state index in [0.29, 0.717) is 0 Å². The molecule has 0 aromatic carbocycles. The van der Waals surface area contributed by atoms with Gasteiger partial charge in [-0.1, -0.05) is 24.3 Å². The summed E-state index contributed by atoms with van der Waals surface area (Å²) >= 11 is 6.91. The standard InChI is InChI=1S/C36H22N4S4/c1-5-29(41-17-1)33-21-9-11-23(37-21)34(30-6-2-18-42-30)25-13-15-27(39-25)36(32-8-4-20-44-32)28-16-14-26(40-28)35(31-7-3-19-43-31)24-12-10-22(33)38-24/h1-20,37,40H. The third-order valence-corrected chi connectivity index (χ3v) is 11.4. The maximum atomic E-state index is 5.31. The number of thiophene rings is 4. The van der Waals surface area contributed by atoms with E-state index in [2.05, 4.69) is 129 Å². The Morgan fingerprint density at radius 3 is 0.864 bits per heavy atom. The molecule has 44 heavy (non-hydrogen) atoms. The Kier molecular flexibility index (Phi) is 6.19. The molecule has 2 aliphatic heterocycles. The third kappa shape index (κ3) is 4.30. The second-order valence-corrected chi connectivity index (χ2v) is 14.2. The average Bonchev–Trinajstić information content (AvgIpc) is 3.90. The number of nitrogens with zero attached hydrogens (tertiary/aromatic N) is 2. The molecule has 210 valence electrons. The van der Waals surface area contributed by atoms with E-state index in [9.17, 15) is 0 Å². The van der Waals surface area contributed by atoms with Gasteiger partial charge in [-0.3, -0.25) is 0 Å². The van der Waals surface area contributed by atoms with E-state index in [-0.39, 0.29) is 0 Å². The lowest BCUT2D eigenvalue weighted by Crippen LogP contribution is -1.87. The zero-order valence-corrected chi connectivity index (χ0v) is 26.3. The van der Waals surface area contributed by atoms with Crippen LogP contribution in [-0.2, 0) is 0 Å². The number of H-pyrrole nitrogens is 2. The summed E-state index contributed by atoms with van der Waals surface area (Å²) in [6, 6.07) is 25.8. The fourth-order valence-electron chi connectivity index (χ4n) is 5.93. The van der Waals surface area contributed by atoms with Gasteiger partial charge in [0.15, 0.2) is 0 Å². The van der Waals surface area contributed by atoms with Crippen molar-refractivity contribution in [1.82, 2.24) is 19.9 Å². The minimum atomic E-state index is 0.945. The Morgan fingerprint density at radius 2 is 0.636 bits per heavy atom. The molecule has 9 heterocycles. The van der Waals surface area contributed by atoms with Crippen LogP contribution in [0.25, 0.3) is 88.1 Å². The van der Waals surface area contributed by atoms with E-state index in [0.717, 1.165) is 67.1 Å². The number of rotatable bonds is 4. The molecule has 0 aliphatic carbocycles. The van der Waals surface area contributed by atoms with E-state index >= 15 is 0 Å². The van der Waals surface area contributed by atoms with Gasteiger partial charge < -0.3 is 9.97 Å². The van der Waals surface area contributed by atoms with E-state index in [1.807, 2.05) is 0 Å². The van der Waals surface area contributed by atoms with Crippen molar-refractivity contribution >= 4 is 91.7 Å². The number of hydrogen-bond acceptors (Lipinski definition) is 6. The number of aromatic amines is 2. The van der Waals surface area contributed by atoms with Crippen LogP contribution < -0.4 is 0 Å². The second-order valence-electron chi connectivity index (χ2n) is 10.4. The van der Waals surface area contributed by atoms with Gasteiger partial charge in [0.05, 0.1) is 22.8 Å². The van der Waals surface area contributed by atoms with E-state index in [1.54, 1.807) is 45.3 Å². The maximum absolute atomic E-state index is 5.31. The molecule has 7 aromatic rings. The van der Waals surface area contributed by atoms with Crippen molar-refractivity contribution in [2.75, 3.05) is 0 Å². The first-order valence-corrected chi connectivity index (χ1v) is 17.6. The van der Waals surface area contributed by atoms with Crippen molar-refractivity contribution in [3.8, 4) is 41.8 Å². The van der Waals surface area contributed by atoms with Gasteiger partial charge in [0, 0.05) is 63.8 Å². The summed E-state index contributed by atoms with van der Waals surface area (Å²) in [7, 11) is 0. The van der Waals surface area contributed by atoms with Crippen LogP contribution in [0.5, 0.6) is 0 Å². The highest BCUT2D eigenvalue weighted by molar-refractivity contribution is 7.14. The lowest BCUT2D eigenvalue weighted by atomic mass is 10.1. The molecular formula is C36H22N4S4. The molecule has 0 unspecified atom stereocenters. The van der Waals surface area contributed by atoms with Gasteiger partial charge in [-0.05, 0) is 94.4 Å². The molecule has 0 saturated carbocycles. The largest absolute Gasteiger partial charge is 0.354 e. The van der Waals surface area contributed by atoms with Crippen LogP contribution >= 0.6 is 45.3 Å². The third-order valence-electron chi connectivity index (χ3n) is 7.82. The molecule has 8 bridgehead atoms. The average molecular weight is 639 g/mol. The van der Waals surface area contributed by atoms with Crippen LogP contribution in [0.4, 0.5) is 0 Å². The Bertz CT molecular complexity index is 2040. The van der Waals surface area contributed by atoms with Gasteiger partial charge in [0.1, 0.15) is 0 Å². The minimum absolute atomic E-state index is 0.945. The number of aromatic nitrogens is 4. The topological polar surface area (TPSA) is 57.4 Å². The Labute approximate surface area is 269 Å². The normalized spacial score (nSPS) is 12.4. The Balaban J connectivity index is 1.49. The van der Waals surface area contributed by atoms with Crippen LogP contribution in [0.3, 0.4) is 0 Å². The monoisotopic (exact) mass is 638 g/mol. The number of fused-ring (bicyclic) bond motifs is 8. The molecule has 2 N–H and O–H groups in total. The van der Waals surface area contributed by atoms with Gasteiger partial charge in [-0.25, -0.2) is 9.97 Å². The first-order chi connectivity index (χ1) is 21.8.